The van der Waals surface area contributed by atoms with Gasteiger partial charge >= 0.3 is 0 Å². The zero-order chi connectivity index (χ0) is 18.0. The van der Waals surface area contributed by atoms with Gasteiger partial charge in [0.1, 0.15) is 0 Å². The molecule has 2 aliphatic heterocycles. The van der Waals surface area contributed by atoms with Crippen LogP contribution in [0.15, 0.2) is 48.5 Å². The molecule has 0 bridgehead atoms. The zero-order valence-corrected chi connectivity index (χ0v) is 15.2. The lowest BCUT2D eigenvalue weighted by molar-refractivity contribution is -0.185. The number of carbonyl (C=O) groups is 1. The number of ketones is 1. The number of ether oxygens (including phenoxy) is 2. The zero-order valence-electron chi connectivity index (χ0n) is 15.2. The first-order valence-corrected chi connectivity index (χ1v) is 9.35. The molecule has 2 fully saturated rings. The molecule has 26 heavy (non-hydrogen) atoms. The van der Waals surface area contributed by atoms with Gasteiger partial charge in [0.2, 0.25) is 0 Å². The van der Waals surface area contributed by atoms with Crippen molar-refractivity contribution in [2.75, 3.05) is 26.3 Å². The second-order valence-electron chi connectivity index (χ2n) is 7.24. The molecule has 136 valence electrons. The van der Waals surface area contributed by atoms with E-state index in [1.807, 2.05) is 49.4 Å². The molecular weight excluding hydrogens is 326 g/mol. The quantitative estimate of drug-likeness (QED) is 0.790. The van der Waals surface area contributed by atoms with Crippen molar-refractivity contribution in [2.24, 2.45) is 0 Å². The molecule has 2 saturated heterocycles. The number of hydrogen-bond donors (Lipinski definition) is 0. The first kappa shape index (κ1) is 17.4. The molecule has 4 nitrogen and oxygen atoms in total. The normalized spacial score (nSPS) is 19.7. The second-order valence-corrected chi connectivity index (χ2v) is 7.24. The molecule has 0 aromatic heterocycles. The molecule has 0 saturated carbocycles. The van der Waals surface area contributed by atoms with E-state index in [1.54, 1.807) is 0 Å². The largest absolute Gasteiger partial charge is 0.347 e. The average Bonchev–Trinajstić information content (AvgIpc) is 3.12. The summed E-state index contributed by atoms with van der Waals surface area (Å²) < 4.78 is 11.6. The Labute approximate surface area is 154 Å². The van der Waals surface area contributed by atoms with Gasteiger partial charge < -0.3 is 9.47 Å². The van der Waals surface area contributed by atoms with Crippen LogP contribution in [0.1, 0.15) is 39.9 Å². The summed E-state index contributed by atoms with van der Waals surface area (Å²) in [6, 6.07) is 15.7. The summed E-state index contributed by atoms with van der Waals surface area (Å²) in [6.45, 7) is 6.06. The molecule has 0 amide bonds. The predicted octanol–water partition coefficient (Wildman–Crippen LogP) is 3.56. The van der Waals surface area contributed by atoms with Crippen LogP contribution in [0.4, 0.5) is 0 Å². The Morgan fingerprint density at radius 1 is 1.00 bits per heavy atom. The Hall–Kier alpha value is -2.01. The number of hydrogen-bond acceptors (Lipinski definition) is 4. The van der Waals surface area contributed by atoms with E-state index in [1.165, 1.54) is 0 Å². The number of carbonyl (C=O) groups excluding carboxylic acids is 1. The molecule has 2 aromatic carbocycles. The fourth-order valence-corrected chi connectivity index (χ4v) is 3.82. The smallest absolute Gasteiger partial charge is 0.193 e. The molecule has 2 heterocycles. The average molecular weight is 351 g/mol. The van der Waals surface area contributed by atoms with Gasteiger partial charge in [0.05, 0.1) is 13.2 Å². The highest BCUT2D eigenvalue weighted by atomic mass is 16.7. The van der Waals surface area contributed by atoms with Crippen LogP contribution in [-0.4, -0.2) is 42.8 Å². The lowest BCUT2D eigenvalue weighted by atomic mass is 9.96. The van der Waals surface area contributed by atoms with Crippen molar-refractivity contribution in [3.63, 3.8) is 0 Å². The van der Waals surface area contributed by atoms with Crippen LogP contribution in [-0.2, 0) is 16.0 Å². The third kappa shape index (κ3) is 3.58. The molecule has 4 rings (SSSR count). The summed E-state index contributed by atoms with van der Waals surface area (Å²) >= 11 is 0. The van der Waals surface area contributed by atoms with Gasteiger partial charge in [-0.1, -0.05) is 54.1 Å². The van der Waals surface area contributed by atoms with Crippen LogP contribution < -0.4 is 0 Å². The van der Waals surface area contributed by atoms with E-state index in [0.29, 0.717) is 13.2 Å². The summed E-state index contributed by atoms with van der Waals surface area (Å²) in [6.07, 6.45) is 1.78. The van der Waals surface area contributed by atoms with Gasteiger partial charge in [-0.05, 0) is 12.5 Å². The second kappa shape index (κ2) is 7.31. The minimum atomic E-state index is -0.353. The van der Waals surface area contributed by atoms with Crippen molar-refractivity contribution in [2.45, 2.75) is 32.1 Å². The first-order chi connectivity index (χ1) is 12.7. The molecule has 0 N–H and O–H groups in total. The SMILES string of the molecule is Cc1ccc(C(=O)c2ccccc2CN2CCC3(CC2)OCCO3)cc1. The van der Waals surface area contributed by atoms with E-state index in [2.05, 4.69) is 11.0 Å². The highest BCUT2D eigenvalue weighted by molar-refractivity contribution is 6.09. The molecular formula is C22H25NO3. The summed E-state index contributed by atoms with van der Waals surface area (Å²) in [4.78, 5) is 15.4. The topological polar surface area (TPSA) is 38.8 Å². The van der Waals surface area contributed by atoms with E-state index >= 15 is 0 Å². The lowest BCUT2D eigenvalue weighted by Gasteiger charge is -2.37. The summed E-state index contributed by atoms with van der Waals surface area (Å²) in [5.41, 5.74) is 3.79. The molecule has 0 radical (unpaired) electrons. The Morgan fingerprint density at radius 2 is 1.65 bits per heavy atom. The van der Waals surface area contributed by atoms with Crippen LogP contribution in [0.5, 0.6) is 0 Å². The standard InChI is InChI=1S/C22H25NO3/c1-17-6-8-18(9-7-17)21(24)20-5-3-2-4-19(20)16-23-12-10-22(11-13-23)25-14-15-26-22/h2-9H,10-16H2,1H3. The Kier molecular flexibility index (Phi) is 4.90. The van der Waals surface area contributed by atoms with Crippen molar-refractivity contribution >= 4 is 5.78 Å². The lowest BCUT2D eigenvalue weighted by Crippen LogP contribution is -2.44. The Bertz CT molecular complexity index is 768. The van der Waals surface area contributed by atoms with Crippen LogP contribution >= 0.6 is 0 Å². The van der Waals surface area contributed by atoms with Crippen LogP contribution in [0.2, 0.25) is 0 Å². The third-order valence-corrected chi connectivity index (χ3v) is 5.40. The molecule has 4 heteroatoms. The van der Waals surface area contributed by atoms with Crippen molar-refractivity contribution < 1.29 is 14.3 Å². The van der Waals surface area contributed by atoms with E-state index in [-0.39, 0.29) is 11.6 Å². The highest BCUT2D eigenvalue weighted by Crippen LogP contribution is 2.32. The van der Waals surface area contributed by atoms with Crippen molar-refractivity contribution in [3.05, 3.63) is 70.8 Å². The maximum Gasteiger partial charge on any atom is 0.193 e. The molecule has 0 atom stereocenters. The summed E-state index contributed by atoms with van der Waals surface area (Å²) in [5, 5.41) is 0. The monoisotopic (exact) mass is 351 g/mol. The molecule has 2 aliphatic rings. The number of aryl methyl sites for hydroxylation is 1. The highest BCUT2D eigenvalue weighted by Gasteiger charge is 2.39. The predicted molar refractivity (Wildman–Crippen MR) is 100 cm³/mol. The van der Waals surface area contributed by atoms with Gasteiger partial charge in [-0.25, -0.2) is 0 Å². The van der Waals surface area contributed by atoms with Gasteiger partial charge in [0, 0.05) is 43.6 Å². The Balaban J connectivity index is 1.48. The van der Waals surface area contributed by atoms with Crippen LogP contribution in [0.3, 0.4) is 0 Å². The number of likely N-dealkylation sites (tertiary alicyclic amines) is 1. The number of nitrogens with zero attached hydrogens (tertiary/aromatic N) is 1. The van der Waals surface area contributed by atoms with Crippen molar-refractivity contribution in [1.29, 1.82) is 0 Å². The number of piperidine rings is 1. The first-order valence-electron chi connectivity index (χ1n) is 9.35. The summed E-state index contributed by atoms with van der Waals surface area (Å²) in [7, 11) is 0. The molecule has 2 aromatic rings. The number of benzene rings is 2. The van der Waals surface area contributed by atoms with Gasteiger partial charge in [0.25, 0.3) is 0 Å². The van der Waals surface area contributed by atoms with Gasteiger partial charge in [-0.3, -0.25) is 9.69 Å². The minimum absolute atomic E-state index is 0.0940. The fourth-order valence-electron chi connectivity index (χ4n) is 3.82. The van der Waals surface area contributed by atoms with Gasteiger partial charge in [0.15, 0.2) is 11.6 Å². The van der Waals surface area contributed by atoms with Gasteiger partial charge in [-0.15, -0.1) is 0 Å². The van der Waals surface area contributed by atoms with E-state index in [0.717, 1.165) is 54.7 Å². The maximum atomic E-state index is 13.0. The van der Waals surface area contributed by atoms with E-state index in [4.69, 9.17) is 9.47 Å². The number of rotatable bonds is 4. The fraction of sp³-hybridized carbons (Fsp3) is 0.409. The minimum Gasteiger partial charge on any atom is -0.347 e. The van der Waals surface area contributed by atoms with Crippen LogP contribution in [0, 0.1) is 6.92 Å². The molecule has 0 aliphatic carbocycles. The summed E-state index contributed by atoms with van der Waals surface area (Å²) in [5.74, 6) is -0.259. The maximum absolute atomic E-state index is 13.0. The van der Waals surface area contributed by atoms with E-state index < -0.39 is 0 Å². The Morgan fingerprint density at radius 3 is 2.35 bits per heavy atom. The van der Waals surface area contributed by atoms with E-state index in [9.17, 15) is 4.79 Å². The van der Waals surface area contributed by atoms with Gasteiger partial charge in [-0.2, -0.15) is 0 Å². The third-order valence-electron chi connectivity index (χ3n) is 5.40. The van der Waals surface area contributed by atoms with Crippen molar-refractivity contribution in [3.8, 4) is 0 Å². The van der Waals surface area contributed by atoms with Crippen LogP contribution in [0.25, 0.3) is 0 Å². The molecule has 0 unspecified atom stereocenters. The van der Waals surface area contributed by atoms with Crippen molar-refractivity contribution in [1.82, 2.24) is 4.90 Å². The molecule has 1 spiro atoms.